The molecule has 126 valence electrons. The first-order chi connectivity index (χ1) is 11.6. The molecule has 0 aromatic carbocycles. The average molecular weight is 368 g/mol. The molecule has 8 heteroatoms. The van der Waals surface area contributed by atoms with E-state index in [2.05, 4.69) is 5.32 Å². The number of carbonyl (C=O) groups is 2. The number of rotatable bonds is 4. The van der Waals surface area contributed by atoms with Crippen LogP contribution >= 0.6 is 0 Å². The van der Waals surface area contributed by atoms with Crippen molar-refractivity contribution in [2.24, 2.45) is 5.92 Å². The van der Waals surface area contributed by atoms with Crippen molar-refractivity contribution in [3.8, 4) is 0 Å². The average Bonchev–Trinajstić information content (AvgIpc) is 2.99. The zero-order valence-corrected chi connectivity index (χ0v) is 17.1. The first-order valence-corrected chi connectivity index (χ1v) is 8.00. The number of hydrogen-bond acceptors (Lipinski definition) is 5. The Balaban J connectivity index is 0.00000182. The number of hydrogen-bond donors (Lipinski definition) is 1. The molecule has 7 nitrogen and oxygen atoms in total. The molecule has 0 radical (unpaired) electrons. The number of amides is 2. The van der Waals surface area contributed by atoms with Gasteiger partial charge in [-0.25, -0.2) is 4.79 Å². The van der Waals surface area contributed by atoms with Crippen LogP contribution < -0.4 is 61.8 Å². The second-order valence-corrected chi connectivity index (χ2v) is 6.27. The summed E-state index contributed by atoms with van der Waals surface area (Å²) in [6.07, 6.45) is 4.55. The summed E-state index contributed by atoms with van der Waals surface area (Å²) >= 11 is 0. The van der Waals surface area contributed by atoms with Gasteiger partial charge in [-0.2, -0.15) is 0 Å². The largest absolute Gasteiger partial charge is 1.00 e. The molecule has 0 bridgehead atoms. The SMILES string of the molecule is O=C([O-])C1c2ccoc2CCN1C(=O)NC[C@@H]1C[C@H]1c1ccco1.[K+]. The molecule has 1 unspecified atom stereocenters. The van der Waals surface area contributed by atoms with E-state index in [1.807, 2.05) is 12.1 Å². The smallest absolute Gasteiger partial charge is 0.548 e. The standard InChI is InChI=1S/C17H18N2O5.K/c20-16(21)15-11-4-7-24-14(11)3-5-19(15)17(22)18-9-10-8-12(10)13-2-1-6-23-13;/h1-2,4,6-7,10,12,15H,3,5,8-9H2,(H,18,22)(H,20,21);/q;+1/p-1/t10-,12+,15?;/m0./s1. The van der Waals surface area contributed by atoms with E-state index in [0.29, 0.717) is 36.1 Å². The molecule has 25 heavy (non-hydrogen) atoms. The van der Waals surface area contributed by atoms with Gasteiger partial charge in [0.25, 0.3) is 0 Å². The third-order valence-electron chi connectivity index (χ3n) is 4.80. The Bertz CT molecular complexity index is 757. The number of aliphatic carboxylic acids is 1. The van der Waals surface area contributed by atoms with Crippen LogP contribution in [0.4, 0.5) is 4.79 Å². The quantitative estimate of drug-likeness (QED) is 0.632. The van der Waals surface area contributed by atoms with Crippen LogP contribution in [0, 0.1) is 5.92 Å². The van der Waals surface area contributed by atoms with Crippen LogP contribution in [0.15, 0.2) is 39.6 Å². The second-order valence-electron chi connectivity index (χ2n) is 6.27. The Morgan fingerprint density at radius 3 is 2.84 bits per heavy atom. The molecule has 2 aromatic rings. The number of nitrogens with zero attached hydrogens (tertiary/aromatic N) is 1. The predicted molar refractivity (Wildman–Crippen MR) is 79.8 cm³/mol. The predicted octanol–water partition coefficient (Wildman–Crippen LogP) is -1.96. The van der Waals surface area contributed by atoms with Crippen molar-refractivity contribution in [2.75, 3.05) is 13.1 Å². The van der Waals surface area contributed by atoms with Gasteiger partial charge in [0, 0.05) is 31.0 Å². The van der Waals surface area contributed by atoms with Gasteiger partial charge in [-0.1, -0.05) is 0 Å². The van der Waals surface area contributed by atoms with Gasteiger partial charge in [-0.3, -0.25) is 0 Å². The van der Waals surface area contributed by atoms with E-state index in [0.717, 1.165) is 12.2 Å². The van der Waals surface area contributed by atoms with Gasteiger partial charge in [0.15, 0.2) is 0 Å². The fourth-order valence-corrected chi connectivity index (χ4v) is 3.43. The van der Waals surface area contributed by atoms with Crippen molar-refractivity contribution in [3.63, 3.8) is 0 Å². The van der Waals surface area contributed by atoms with Crippen LogP contribution in [0.25, 0.3) is 0 Å². The fraction of sp³-hybridized carbons (Fsp3) is 0.412. The summed E-state index contributed by atoms with van der Waals surface area (Å²) in [5, 5.41) is 14.3. The van der Waals surface area contributed by atoms with Crippen molar-refractivity contribution < 1.29 is 74.9 Å². The Hall–Kier alpha value is -1.06. The van der Waals surface area contributed by atoms with Crippen LogP contribution in [-0.4, -0.2) is 30.0 Å². The van der Waals surface area contributed by atoms with Gasteiger partial charge in [0.1, 0.15) is 17.6 Å². The third kappa shape index (κ3) is 3.73. The molecule has 4 rings (SSSR count). The van der Waals surface area contributed by atoms with Crippen molar-refractivity contribution in [1.82, 2.24) is 10.2 Å². The second kappa shape index (κ2) is 7.67. The van der Waals surface area contributed by atoms with Gasteiger partial charge in [0.2, 0.25) is 0 Å². The van der Waals surface area contributed by atoms with E-state index < -0.39 is 12.0 Å². The van der Waals surface area contributed by atoms with Gasteiger partial charge in [0.05, 0.1) is 18.5 Å². The van der Waals surface area contributed by atoms with E-state index in [-0.39, 0.29) is 64.0 Å². The maximum atomic E-state index is 12.4. The van der Waals surface area contributed by atoms with Crippen LogP contribution in [0.3, 0.4) is 0 Å². The van der Waals surface area contributed by atoms with Gasteiger partial charge < -0.3 is 29.0 Å². The maximum absolute atomic E-state index is 12.4. The van der Waals surface area contributed by atoms with E-state index in [1.165, 1.54) is 11.2 Å². The summed E-state index contributed by atoms with van der Waals surface area (Å²) in [4.78, 5) is 25.2. The van der Waals surface area contributed by atoms with Gasteiger partial charge in [-0.05, 0) is 30.5 Å². The molecule has 3 atom stereocenters. The summed E-state index contributed by atoms with van der Waals surface area (Å²) in [7, 11) is 0. The number of urea groups is 1. The normalized spacial score (nSPS) is 24.2. The van der Waals surface area contributed by atoms with Crippen molar-refractivity contribution in [1.29, 1.82) is 0 Å². The first-order valence-electron chi connectivity index (χ1n) is 8.00. The molecular weight excluding hydrogens is 351 g/mol. The minimum Gasteiger partial charge on any atom is -0.548 e. The minimum atomic E-state index is -1.30. The number of carbonyl (C=O) groups excluding carboxylic acids is 2. The number of carboxylic acids is 1. The molecule has 2 aliphatic rings. The molecule has 1 aliphatic heterocycles. The van der Waals surface area contributed by atoms with Crippen molar-refractivity contribution in [3.05, 3.63) is 47.8 Å². The molecule has 1 N–H and O–H groups in total. The summed E-state index contributed by atoms with van der Waals surface area (Å²) in [6.45, 7) is 0.788. The molecule has 0 spiro atoms. The Morgan fingerprint density at radius 2 is 2.12 bits per heavy atom. The Kier molecular flexibility index (Phi) is 5.74. The van der Waals surface area contributed by atoms with Crippen LogP contribution in [0.1, 0.15) is 35.5 Å². The van der Waals surface area contributed by atoms with Crippen molar-refractivity contribution >= 4 is 12.0 Å². The molecular formula is C17H17KN2O5. The summed E-state index contributed by atoms with van der Waals surface area (Å²) in [5.41, 5.74) is 0.497. The first kappa shape index (κ1) is 18.7. The number of nitrogens with one attached hydrogen (secondary N) is 1. The molecule has 1 saturated carbocycles. The van der Waals surface area contributed by atoms with E-state index >= 15 is 0 Å². The summed E-state index contributed by atoms with van der Waals surface area (Å²) in [5.74, 6) is 0.901. The number of carboxylic acid groups (broad SMARTS) is 1. The Morgan fingerprint density at radius 1 is 1.28 bits per heavy atom. The van der Waals surface area contributed by atoms with E-state index in [1.54, 1.807) is 12.3 Å². The summed E-state index contributed by atoms with van der Waals surface area (Å²) < 4.78 is 10.6. The molecule has 3 heterocycles. The third-order valence-corrected chi connectivity index (χ3v) is 4.80. The van der Waals surface area contributed by atoms with E-state index in [9.17, 15) is 14.7 Å². The molecule has 0 saturated heterocycles. The fourth-order valence-electron chi connectivity index (χ4n) is 3.43. The molecule has 2 amide bonds. The zero-order valence-electron chi connectivity index (χ0n) is 13.9. The van der Waals surface area contributed by atoms with Gasteiger partial charge >= 0.3 is 57.4 Å². The van der Waals surface area contributed by atoms with Crippen LogP contribution in [0.5, 0.6) is 0 Å². The minimum absolute atomic E-state index is 0. The molecule has 1 aliphatic carbocycles. The van der Waals surface area contributed by atoms with Crippen LogP contribution in [0.2, 0.25) is 0 Å². The van der Waals surface area contributed by atoms with Crippen molar-refractivity contribution in [2.45, 2.75) is 24.8 Å². The van der Waals surface area contributed by atoms with E-state index in [4.69, 9.17) is 8.83 Å². The number of fused-ring (bicyclic) bond motifs is 1. The van der Waals surface area contributed by atoms with Gasteiger partial charge in [-0.15, -0.1) is 0 Å². The zero-order chi connectivity index (χ0) is 16.7. The summed E-state index contributed by atoms with van der Waals surface area (Å²) in [6, 6.07) is 3.88. The topological polar surface area (TPSA) is 98.8 Å². The Labute approximate surface area is 187 Å². The maximum Gasteiger partial charge on any atom is 1.00 e. The van der Waals surface area contributed by atoms with Crippen LogP contribution in [-0.2, 0) is 11.2 Å². The molecule has 2 aromatic heterocycles. The molecule has 1 fully saturated rings. The number of furan rings is 2. The monoisotopic (exact) mass is 368 g/mol.